The minimum atomic E-state index is -4.73. The molecule has 0 aromatic heterocycles. The number of halogens is 3. The third-order valence-electron chi connectivity index (χ3n) is 4.11. The lowest BCUT2D eigenvalue weighted by molar-refractivity contribution is -0.384. The van der Waals surface area contributed by atoms with Crippen molar-refractivity contribution in [1.82, 2.24) is 5.32 Å². The first kappa shape index (κ1) is 25.4. The summed E-state index contributed by atoms with van der Waals surface area (Å²) in [6, 6.07) is 6.05. The zero-order valence-corrected chi connectivity index (χ0v) is 18.2. The molecule has 0 spiro atoms. The summed E-state index contributed by atoms with van der Waals surface area (Å²) in [6.07, 6.45) is -5.42. The van der Waals surface area contributed by atoms with Crippen LogP contribution in [0.2, 0.25) is 0 Å². The number of nitro benzene ring substituents is 1. The highest BCUT2D eigenvalue weighted by Gasteiger charge is 2.32. The van der Waals surface area contributed by atoms with Crippen LogP contribution in [0, 0.1) is 10.1 Å². The van der Waals surface area contributed by atoms with Crippen molar-refractivity contribution in [1.29, 1.82) is 0 Å². The fourth-order valence-electron chi connectivity index (χ4n) is 2.69. The van der Waals surface area contributed by atoms with E-state index in [-0.39, 0.29) is 17.8 Å². The average molecular weight is 469 g/mol. The molecule has 0 aliphatic heterocycles. The molecular weight excluding hydrogens is 447 g/mol. The van der Waals surface area contributed by atoms with Crippen LogP contribution >= 0.6 is 0 Å². The molecule has 12 heteroatoms. The molecule has 0 fully saturated rings. The van der Waals surface area contributed by atoms with Gasteiger partial charge in [0.1, 0.15) is 11.3 Å². The fourth-order valence-corrected chi connectivity index (χ4v) is 2.69. The zero-order valence-electron chi connectivity index (χ0n) is 18.2. The largest absolute Gasteiger partial charge is 0.465 e. The monoisotopic (exact) mass is 469 g/mol. The molecule has 33 heavy (non-hydrogen) atoms. The van der Waals surface area contributed by atoms with E-state index in [0.717, 1.165) is 13.2 Å². The summed E-state index contributed by atoms with van der Waals surface area (Å²) in [5.74, 6) is -0.841. The molecule has 0 heterocycles. The van der Waals surface area contributed by atoms with E-state index in [4.69, 9.17) is 9.47 Å². The fraction of sp³-hybridized carbons (Fsp3) is 0.333. The topological polar surface area (TPSA) is 120 Å². The first-order valence-electron chi connectivity index (χ1n) is 9.52. The lowest BCUT2D eigenvalue weighted by atomic mass is 10.1. The van der Waals surface area contributed by atoms with Gasteiger partial charge in [-0.2, -0.15) is 13.2 Å². The van der Waals surface area contributed by atoms with Crippen LogP contribution in [-0.4, -0.2) is 29.7 Å². The lowest BCUT2D eigenvalue weighted by Crippen LogP contribution is -2.32. The number of nitrogens with one attached hydrogen (secondary N) is 2. The van der Waals surface area contributed by atoms with Crippen LogP contribution in [0.15, 0.2) is 36.4 Å². The van der Waals surface area contributed by atoms with Gasteiger partial charge in [-0.1, -0.05) is 6.07 Å². The van der Waals surface area contributed by atoms with Crippen LogP contribution in [0.5, 0.6) is 0 Å². The van der Waals surface area contributed by atoms with Crippen LogP contribution in [0.1, 0.15) is 42.3 Å². The molecule has 2 rings (SSSR count). The lowest BCUT2D eigenvalue weighted by Gasteiger charge is -2.20. The number of methoxy groups -OCH3 is 1. The summed E-state index contributed by atoms with van der Waals surface area (Å²) >= 11 is 0. The molecule has 0 saturated carbocycles. The summed E-state index contributed by atoms with van der Waals surface area (Å²) in [5, 5.41) is 16.3. The zero-order chi connectivity index (χ0) is 25.0. The van der Waals surface area contributed by atoms with Gasteiger partial charge in [0, 0.05) is 12.6 Å². The van der Waals surface area contributed by atoms with E-state index in [9.17, 15) is 32.9 Å². The number of nitrogens with zero attached hydrogens (tertiary/aromatic N) is 1. The number of hydrogen-bond donors (Lipinski definition) is 2. The second-order valence-electron chi connectivity index (χ2n) is 7.84. The second-order valence-corrected chi connectivity index (χ2v) is 7.84. The molecule has 2 N–H and O–H groups in total. The van der Waals surface area contributed by atoms with Crippen LogP contribution in [0.25, 0.3) is 0 Å². The normalized spacial score (nSPS) is 11.5. The molecule has 9 nitrogen and oxygen atoms in total. The number of nitro groups is 1. The molecule has 178 valence electrons. The van der Waals surface area contributed by atoms with Gasteiger partial charge < -0.3 is 20.1 Å². The minimum Gasteiger partial charge on any atom is -0.465 e. The Morgan fingerprint density at radius 2 is 1.73 bits per heavy atom. The number of alkyl halides is 3. The van der Waals surface area contributed by atoms with Gasteiger partial charge in [0.2, 0.25) is 0 Å². The Hall–Kier alpha value is -3.83. The van der Waals surface area contributed by atoms with Crippen molar-refractivity contribution in [2.75, 3.05) is 12.4 Å². The summed E-state index contributed by atoms with van der Waals surface area (Å²) in [7, 11) is 1.10. The van der Waals surface area contributed by atoms with Crippen LogP contribution in [0.4, 0.5) is 35.0 Å². The summed E-state index contributed by atoms with van der Waals surface area (Å²) in [6.45, 7) is 5.04. The molecule has 0 radical (unpaired) electrons. The Morgan fingerprint density at radius 1 is 1.06 bits per heavy atom. The van der Waals surface area contributed by atoms with Gasteiger partial charge in [0.05, 0.1) is 28.8 Å². The average Bonchev–Trinajstić information content (AvgIpc) is 2.70. The molecule has 0 bridgehead atoms. The maximum Gasteiger partial charge on any atom is 0.416 e. The van der Waals surface area contributed by atoms with Gasteiger partial charge in [-0.05, 0) is 50.6 Å². The van der Waals surface area contributed by atoms with Gasteiger partial charge in [-0.3, -0.25) is 10.1 Å². The van der Waals surface area contributed by atoms with Gasteiger partial charge >= 0.3 is 18.2 Å². The number of carbonyl (C=O) groups excluding carboxylic acids is 2. The van der Waals surface area contributed by atoms with Crippen molar-refractivity contribution in [2.24, 2.45) is 0 Å². The Kier molecular flexibility index (Phi) is 7.52. The van der Waals surface area contributed by atoms with Crippen molar-refractivity contribution < 1.29 is 37.2 Å². The van der Waals surface area contributed by atoms with E-state index in [2.05, 4.69) is 10.6 Å². The SMILES string of the molecule is COC(=O)c1cc(CNC(=O)OC(C)(C)C)ccc1Nc1cc(C(F)(F)F)ccc1[N+](=O)[O-]. The van der Waals surface area contributed by atoms with Crippen LogP contribution < -0.4 is 10.6 Å². The number of carbonyl (C=O) groups is 2. The van der Waals surface area contributed by atoms with Crippen LogP contribution in [-0.2, 0) is 22.2 Å². The quantitative estimate of drug-likeness (QED) is 0.340. The first-order chi connectivity index (χ1) is 15.2. The smallest absolute Gasteiger partial charge is 0.416 e. The summed E-state index contributed by atoms with van der Waals surface area (Å²) in [4.78, 5) is 34.5. The first-order valence-corrected chi connectivity index (χ1v) is 9.52. The molecule has 2 aromatic carbocycles. The highest BCUT2D eigenvalue weighted by atomic mass is 19.4. The molecule has 2 aromatic rings. The van der Waals surface area contributed by atoms with E-state index in [1.165, 1.54) is 18.2 Å². The van der Waals surface area contributed by atoms with Gasteiger partial charge in [-0.15, -0.1) is 0 Å². The third kappa shape index (κ3) is 7.09. The summed E-state index contributed by atoms with van der Waals surface area (Å²) in [5.41, 5.74) is -2.57. The molecule has 0 unspecified atom stereocenters. The highest BCUT2D eigenvalue weighted by molar-refractivity contribution is 5.97. The minimum absolute atomic E-state index is 0.0229. The van der Waals surface area contributed by atoms with Crippen molar-refractivity contribution in [3.05, 3.63) is 63.2 Å². The Morgan fingerprint density at radius 3 is 2.27 bits per heavy atom. The number of hydrogen-bond acceptors (Lipinski definition) is 7. The Labute approximate surface area is 187 Å². The van der Waals surface area contributed by atoms with Crippen molar-refractivity contribution in [3.8, 4) is 0 Å². The van der Waals surface area contributed by atoms with E-state index in [0.29, 0.717) is 17.7 Å². The molecule has 1 amide bonds. The number of amides is 1. The highest BCUT2D eigenvalue weighted by Crippen LogP contribution is 2.36. The van der Waals surface area contributed by atoms with Crippen molar-refractivity contribution in [3.63, 3.8) is 0 Å². The third-order valence-corrected chi connectivity index (χ3v) is 4.11. The van der Waals surface area contributed by atoms with E-state index in [1.54, 1.807) is 20.8 Å². The van der Waals surface area contributed by atoms with E-state index in [1.807, 2.05) is 0 Å². The predicted octanol–water partition coefficient (Wildman–Crippen LogP) is 5.17. The predicted molar refractivity (Wildman–Crippen MR) is 112 cm³/mol. The van der Waals surface area contributed by atoms with Gasteiger partial charge in [0.15, 0.2) is 0 Å². The summed E-state index contributed by atoms with van der Waals surface area (Å²) < 4.78 is 49.1. The van der Waals surface area contributed by atoms with E-state index >= 15 is 0 Å². The van der Waals surface area contributed by atoms with Crippen LogP contribution in [0.3, 0.4) is 0 Å². The molecule has 0 atom stereocenters. The second kappa shape index (κ2) is 9.76. The number of ether oxygens (including phenoxy) is 2. The number of esters is 1. The van der Waals surface area contributed by atoms with Gasteiger partial charge in [-0.25, -0.2) is 9.59 Å². The maximum atomic E-state index is 13.1. The Bertz CT molecular complexity index is 1060. The molecule has 0 aliphatic carbocycles. The molecule has 0 saturated heterocycles. The Balaban J connectivity index is 2.38. The molecule has 0 aliphatic rings. The van der Waals surface area contributed by atoms with E-state index < -0.39 is 45.7 Å². The molecular formula is C21H22F3N3O6. The van der Waals surface area contributed by atoms with Crippen molar-refractivity contribution in [2.45, 2.75) is 39.1 Å². The number of alkyl carbamates (subject to hydrolysis) is 1. The standard InChI is InChI=1S/C21H22F3N3O6/c1-20(2,3)33-19(29)25-11-12-5-7-15(14(9-12)18(28)32-4)26-16-10-13(21(22,23)24)6-8-17(16)27(30)31/h5-10,26H,11H2,1-4H3,(H,25,29). The number of anilines is 2. The number of rotatable bonds is 6. The maximum absolute atomic E-state index is 13.1. The number of benzene rings is 2. The van der Waals surface area contributed by atoms with Crippen molar-refractivity contribution >= 4 is 29.1 Å². The van der Waals surface area contributed by atoms with Gasteiger partial charge in [0.25, 0.3) is 5.69 Å².